The molecular weight excluding hydrogens is 385 g/mol. The number of benzene rings is 1. The number of hydrogen-bond donors (Lipinski definition) is 1. The van der Waals surface area contributed by atoms with Crippen molar-refractivity contribution in [1.29, 1.82) is 0 Å². The van der Waals surface area contributed by atoms with Crippen LogP contribution in [0.25, 0.3) is 5.69 Å². The summed E-state index contributed by atoms with van der Waals surface area (Å²) in [7, 11) is 0. The lowest BCUT2D eigenvalue weighted by Crippen LogP contribution is -2.54. The molecule has 0 bridgehead atoms. The van der Waals surface area contributed by atoms with Gasteiger partial charge in [0.05, 0.1) is 6.54 Å². The number of amides is 3. The minimum atomic E-state index is -0.881. The highest BCUT2D eigenvalue weighted by atomic mass is 19.1. The second-order valence-corrected chi connectivity index (χ2v) is 8.46. The number of aromatic nitrogens is 1. The van der Waals surface area contributed by atoms with Gasteiger partial charge in [-0.1, -0.05) is 25.8 Å². The Balaban J connectivity index is 1.60. The highest BCUT2D eigenvalue weighted by molar-refractivity contribution is 6.11. The van der Waals surface area contributed by atoms with Gasteiger partial charge in [0.25, 0.3) is 5.91 Å². The normalized spacial score (nSPS) is 23.9. The molecule has 1 aliphatic heterocycles. The van der Waals surface area contributed by atoms with Crippen molar-refractivity contribution in [2.75, 3.05) is 6.54 Å². The maximum atomic E-state index is 13.7. The molecule has 7 heteroatoms. The molecule has 0 unspecified atom stereocenters. The van der Waals surface area contributed by atoms with Crippen LogP contribution in [0.5, 0.6) is 0 Å². The van der Waals surface area contributed by atoms with Crippen molar-refractivity contribution < 1.29 is 18.8 Å². The minimum Gasteiger partial charge on any atom is -0.323 e. The van der Waals surface area contributed by atoms with Crippen molar-refractivity contribution in [2.24, 2.45) is 5.92 Å². The molecule has 1 N–H and O–H groups in total. The molecule has 2 aliphatic rings. The minimum absolute atomic E-state index is 0.0424. The number of nitrogens with zero attached hydrogens (tertiary/aromatic N) is 2. The van der Waals surface area contributed by atoms with E-state index in [1.165, 1.54) is 12.1 Å². The van der Waals surface area contributed by atoms with E-state index in [0.29, 0.717) is 23.4 Å². The standard InChI is InChI=1S/C23H26FN3O3/c1-14-7-4-5-10-23(14)21(29)26(22(30)25-23)13-20(28)19-11-15(2)27(16(19)3)18-9-6-8-17(24)12-18/h6,8-9,11-12,14H,4-5,7,10,13H2,1-3H3,(H,25,30)/t14-,23-/m1/s1. The highest BCUT2D eigenvalue weighted by Crippen LogP contribution is 2.38. The largest absolute Gasteiger partial charge is 0.325 e. The quantitative estimate of drug-likeness (QED) is 0.612. The number of rotatable bonds is 4. The Morgan fingerprint density at radius 2 is 2.00 bits per heavy atom. The third-order valence-corrected chi connectivity index (χ3v) is 6.60. The molecule has 1 aromatic carbocycles. The summed E-state index contributed by atoms with van der Waals surface area (Å²) in [6.45, 7) is 5.30. The van der Waals surface area contributed by atoms with Gasteiger partial charge in [0.15, 0.2) is 5.78 Å². The topological polar surface area (TPSA) is 71.4 Å². The lowest BCUT2D eigenvalue weighted by molar-refractivity contribution is -0.133. The van der Waals surface area contributed by atoms with Crippen LogP contribution in [0.3, 0.4) is 0 Å². The van der Waals surface area contributed by atoms with Gasteiger partial charge in [0.1, 0.15) is 11.4 Å². The first kappa shape index (κ1) is 20.3. The fourth-order valence-electron chi connectivity index (χ4n) is 4.93. The number of carbonyl (C=O) groups is 3. The number of nitrogens with one attached hydrogen (secondary N) is 1. The molecule has 2 atom stereocenters. The van der Waals surface area contributed by atoms with Gasteiger partial charge in [-0.3, -0.25) is 14.5 Å². The average Bonchev–Trinajstić information content (AvgIpc) is 3.12. The van der Waals surface area contributed by atoms with E-state index in [1.54, 1.807) is 29.7 Å². The van der Waals surface area contributed by atoms with E-state index in [0.717, 1.165) is 29.9 Å². The Hall–Kier alpha value is -2.96. The molecule has 1 aliphatic carbocycles. The van der Waals surface area contributed by atoms with Crippen molar-refractivity contribution in [3.8, 4) is 5.69 Å². The average molecular weight is 411 g/mol. The Morgan fingerprint density at radius 3 is 2.70 bits per heavy atom. The molecular formula is C23H26FN3O3. The maximum absolute atomic E-state index is 13.7. The van der Waals surface area contributed by atoms with Crippen LogP contribution in [0, 0.1) is 25.6 Å². The van der Waals surface area contributed by atoms with Crippen LogP contribution >= 0.6 is 0 Å². The molecule has 4 rings (SSSR count). The summed E-state index contributed by atoms with van der Waals surface area (Å²) in [6.07, 6.45) is 3.41. The van der Waals surface area contributed by atoms with Crippen LogP contribution in [0.4, 0.5) is 9.18 Å². The van der Waals surface area contributed by atoms with E-state index in [4.69, 9.17) is 0 Å². The summed E-state index contributed by atoms with van der Waals surface area (Å²) in [6, 6.07) is 7.37. The molecule has 1 spiro atoms. The summed E-state index contributed by atoms with van der Waals surface area (Å²) in [5, 5.41) is 2.88. The number of hydrogen-bond acceptors (Lipinski definition) is 3. The molecule has 0 radical (unpaired) electrons. The predicted molar refractivity (Wildman–Crippen MR) is 110 cm³/mol. The Bertz CT molecular complexity index is 1040. The number of carbonyl (C=O) groups excluding carboxylic acids is 3. The fraction of sp³-hybridized carbons (Fsp3) is 0.435. The third kappa shape index (κ3) is 3.13. The molecule has 1 saturated heterocycles. The molecule has 30 heavy (non-hydrogen) atoms. The number of aryl methyl sites for hydroxylation is 1. The van der Waals surface area contributed by atoms with E-state index >= 15 is 0 Å². The zero-order valence-corrected chi connectivity index (χ0v) is 17.5. The third-order valence-electron chi connectivity index (χ3n) is 6.60. The van der Waals surface area contributed by atoms with Crippen LogP contribution in [0.1, 0.15) is 54.4 Å². The zero-order chi connectivity index (χ0) is 21.6. The first-order valence-corrected chi connectivity index (χ1v) is 10.4. The monoisotopic (exact) mass is 411 g/mol. The van der Waals surface area contributed by atoms with Crippen LogP contribution < -0.4 is 5.32 Å². The van der Waals surface area contributed by atoms with Gasteiger partial charge >= 0.3 is 6.03 Å². The van der Waals surface area contributed by atoms with Crippen molar-refractivity contribution in [3.63, 3.8) is 0 Å². The molecule has 1 aromatic heterocycles. The van der Waals surface area contributed by atoms with E-state index in [-0.39, 0.29) is 30.0 Å². The fourth-order valence-corrected chi connectivity index (χ4v) is 4.93. The van der Waals surface area contributed by atoms with E-state index in [9.17, 15) is 18.8 Å². The first-order valence-electron chi connectivity index (χ1n) is 10.4. The van der Waals surface area contributed by atoms with Gasteiger partial charge in [-0.05, 0) is 56.9 Å². The number of halogens is 1. The highest BCUT2D eigenvalue weighted by Gasteiger charge is 2.55. The molecule has 2 fully saturated rings. The van der Waals surface area contributed by atoms with Gasteiger partial charge in [-0.15, -0.1) is 0 Å². The van der Waals surface area contributed by atoms with Crippen molar-refractivity contribution in [2.45, 2.75) is 52.0 Å². The Kier molecular flexibility index (Phi) is 5.00. The maximum Gasteiger partial charge on any atom is 0.325 e. The summed E-state index contributed by atoms with van der Waals surface area (Å²) in [5.74, 6) is -0.929. The van der Waals surface area contributed by atoms with Crippen LogP contribution in [0.2, 0.25) is 0 Å². The smallest absolute Gasteiger partial charge is 0.323 e. The SMILES string of the molecule is Cc1cc(C(=O)CN2C(=O)N[C@@]3(CCCC[C@H]3C)C2=O)c(C)n1-c1cccc(F)c1. The lowest BCUT2D eigenvalue weighted by Gasteiger charge is -2.36. The summed E-state index contributed by atoms with van der Waals surface area (Å²) < 4.78 is 15.5. The number of Topliss-reactive ketones (excluding diaryl/α,β-unsaturated/α-hetero) is 1. The number of urea groups is 1. The Morgan fingerprint density at radius 1 is 1.23 bits per heavy atom. The molecule has 158 valence electrons. The zero-order valence-electron chi connectivity index (χ0n) is 17.5. The van der Waals surface area contributed by atoms with E-state index < -0.39 is 11.6 Å². The van der Waals surface area contributed by atoms with Crippen LogP contribution in [-0.2, 0) is 4.79 Å². The van der Waals surface area contributed by atoms with Crippen LogP contribution in [0.15, 0.2) is 30.3 Å². The van der Waals surface area contributed by atoms with Gasteiger partial charge in [-0.2, -0.15) is 0 Å². The number of ketones is 1. The van der Waals surface area contributed by atoms with Crippen molar-refractivity contribution >= 4 is 17.7 Å². The van der Waals surface area contributed by atoms with Gasteiger partial charge in [0, 0.05) is 22.6 Å². The van der Waals surface area contributed by atoms with Gasteiger partial charge < -0.3 is 9.88 Å². The van der Waals surface area contributed by atoms with E-state index in [2.05, 4.69) is 5.32 Å². The summed E-state index contributed by atoms with van der Waals surface area (Å²) in [4.78, 5) is 39.8. The number of imide groups is 1. The van der Waals surface area contributed by atoms with Crippen molar-refractivity contribution in [1.82, 2.24) is 14.8 Å². The summed E-state index contributed by atoms with van der Waals surface area (Å²) >= 11 is 0. The first-order chi connectivity index (χ1) is 14.2. The molecule has 1 saturated carbocycles. The molecule has 2 heterocycles. The molecule has 3 amide bonds. The molecule has 2 aromatic rings. The predicted octanol–water partition coefficient (Wildman–Crippen LogP) is 3.92. The van der Waals surface area contributed by atoms with Gasteiger partial charge in [-0.25, -0.2) is 9.18 Å². The van der Waals surface area contributed by atoms with E-state index in [1.807, 2.05) is 13.8 Å². The Labute approximate surface area is 175 Å². The lowest BCUT2D eigenvalue weighted by atomic mass is 9.73. The van der Waals surface area contributed by atoms with Gasteiger partial charge in [0.2, 0.25) is 0 Å². The van der Waals surface area contributed by atoms with Crippen LogP contribution in [-0.4, -0.2) is 39.3 Å². The molecule has 6 nitrogen and oxygen atoms in total. The second kappa shape index (κ2) is 7.38. The summed E-state index contributed by atoms with van der Waals surface area (Å²) in [5.41, 5.74) is 1.59. The second-order valence-electron chi connectivity index (χ2n) is 8.46. The van der Waals surface area contributed by atoms with Crippen molar-refractivity contribution in [3.05, 3.63) is 53.1 Å².